The number of rotatable bonds is 7. The number of aromatic hydroxyl groups is 1. The average Bonchev–Trinajstić information content (AvgIpc) is 3.34. The molecule has 2 aromatic heterocycles. The molecular formula is C24H25NO7S. The van der Waals surface area contributed by atoms with Crippen LogP contribution < -0.4 is 5.32 Å². The first-order valence-electron chi connectivity index (χ1n) is 10.9. The van der Waals surface area contributed by atoms with Crippen molar-refractivity contribution in [1.29, 1.82) is 0 Å². The molecule has 1 amide bonds. The van der Waals surface area contributed by atoms with Gasteiger partial charge >= 0.3 is 11.9 Å². The number of carbonyl (C=O) groups is 3. The van der Waals surface area contributed by atoms with Crippen LogP contribution in [0, 0.1) is 0 Å². The molecule has 0 unspecified atom stereocenters. The van der Waals surface area contributed by atoms with Gasteiger partial charge in [0.1, 0.15) is 16.3 Å². The molecule has 1 aromatic carbocycles. The van der Waals surface area contributed by atoms with Crippen molar-refractivity contribution < 1.29 is 33.4 Å². The molecule has 8 nitrogen and oxygen atoms in total. The highest BCUT2D eigenvalue weighted by Gasteiger charge is 2.29. The zero-order chi connectivity index (χ0) is 23.5. The second-order valence-corrected chi connectivity index (χ2v) is 8.98. The standard InChI is InChI=1S/C24H25NO7S/c1-3-30-24(29)21-17-6-4-5-7-19(17)33-23(21)25-22(28)13(2)32-20(27)10-14-12-31-18-11-15(26)8-9-16(14)18/h8-9,11-13,26H,3-7,10H2,1-2H3,(H,25,28)/t13-/m0/s1. The van der Waals surface area contributed by atoms with E-state index in [0.29, 0.717) is 27.1 Å². The summed E-state index contributed by atoms with van der Waals surface area (Å²) in [5, 5.41) is 13.4. The summed E-state index contributed by atoms with van der Waals surface area (Å²) in [7, 11) is 0. The summed E-state index contributed by atoms with van der Waals surface area (Å²) in [6.07, 6.45) is 3.95. The van der Waals surface area contributed by atoms with E-state index in [2.05, 4.69) is 5.32 Å². The van der Waals surface area contributed by atoms with E-state index in [0.717, 1.165) is 36.1 Å². The summed E-state index contributed by atoms with van der Waals surface area (Å²) >= 11 is 1.38. The lowest BCUT2D eigenvalue weighted by Crippen LogP contribution is -2.30. The lowest BCUT2D eigenvalue weighted by molar-refractivity contribution is -0.152. The SMILES string of the molecule is CCOC(=O)c1c(NC(=O)[C@H](C)OC(=O)Cc2coc3cc(O)ccc23)sc2c1CCCC2. The minimum Gasteiger partial charge on any atom is -0.508 e. The van der Waals surface area contributed by atoms with Crippen LogP contribution in [0.3, 0.4) is 0 Å². The molecule has 174 valence electrons. The van der Waals surface area contributed by atoms with E-state index in [1.165, 1.54) is 36.7 Å². The number of hydrogen-bond acceptors (Lipinski definition) is 8. The molecule has 0 spiro atoms. The summed E-state index contributed by atoms with van der Waals surface area (Å²) in [4.78, 5) is 38.9. The summed E-state index contributed by atoms with van der Waals surface area (Å²) in [5.41, 5.74) is 2.41. The number of hydrogen-bond donors (Lipinski definition) is 2. The van der Waals surface area contributed by atoms with Gasteiger partial charge in [0.15, 0.2) is 6.10 Å². The highest BCUT2D eigenvalue weighted by Crippen LogP contribution is 2.38. The van der Waals surface area contributed by atoms with Gasteiger partial charge in [-0.1, -0.05) is 0 Å². The number of aryl methyl sites for hydroxylation is 1. The quantitative estimate of drug-likeness (QED) is 0.492. The molecular weight excluding hydrogens is 446 g/mol. The summed E-state index contributed by atoms with van der Waals surface area (Å²) in [5.74, 6) is -1.50. The molecule has 4 rings (SSSR count). The van der Waals surface area contributed by atoms with Crippen molar-refractivity contribution in [1.82, 2.24) is 0 Å². The van der Waals surface area contributed by atoms with E-state index in [9.17, 15) is 19.5 Å². The van der Waals surface area contributed by atoms with E-state index in [4.69, 9.17) is 13.9 Å². The fourth-order valence-electron chi connectivity index (χ4n) is 3.94. The maximum atomic E-state index is 12.8. The van der Waals surface area contributed by atoms with Gasteiger partial charge in [-0.25, -0.2) is 4.79 Å². The Labute approximate surface area is 194 Å². The number of fused-ring (bicyclic) bond motifs is 2. The number of phenols is 1. The smallest absolute Gasteiger partial charge is 0.341 e. The molecule has 9 heteroatoms. The van der Waals surface area contributed by atoms with Crippen molar-refractivity contribution in [3.63, 3.8) is 0 Å². The number of anilines is 1. The van der Waals surface area contributed by atoms with E-state index >= 15 is 0 Å². The molecule has 2 heterocycles. The summed E-state index contributed by atoms with van der Waals surface area (Å²) in [6, 6.07) is 4.62. The third-order valence-electron chi connectivity index (χ3n) is 5.54. The van der Waals surface area contributed by atoms with Crippen LogP contribution in [0.5, 0.6) is 5.75 Å². The Hall–Kier alpha value is -3.33. The summed E-state index contributed by atoms with van der Waals surface area (Å²) < 4.78 is 15.9. The van der Waals surface area contributed by atoms with E-state index in [-0.39, 0.29) is 18.8 Å². The molecule has 0 fully saturated rings. The van der Waals surface area contributed by atoms with E-state index < -0.39 is 23.9 Å². The fraction of sp³-hybridized carbons (Fsp3) is 0.375. The van der Waals surface area contributed by atoms with E-state index in [1.807, 2.05) is 0 Å². The van der Waals surface area contributed by atoms with Crippen molar-refractivity contribution >= 4 is 45.2 Å². The van der Waals surface area contributed by atoms with Crippen molar-refractivity contribution in [2.45, 2.75) is 52.1 Å². The molecule has 1 aliphatic rings. The van der Waals surface area contributed by atoms with Crippen molar-refractivity contribution in [3.8, 4) is 5.75 Å². The third-order valence-corrected chi connectivity index (χ3v) is 6.75. The highest BCUT2D eigenvalue weighted by atomic mass is 32.1. The van der Waals surface area contributed by atoms with Crippen molar-refractivity contribution in [2.75, 3.05) is 11.9 Å². The Morgan fingerprint density at radius 3 is 2.82 bits per heavy atom. The maximum Gasteiger partial charge on any atom is 0.341 e. The highest BCUT2D eigenvalue weighted by molar-refractivity contribution is 7.17. The second-order valence-electron chi connectivity index (χ2n) is 7.88. The second kappa shape index (κ2) is 9.66. The van der Waals surface area contributed by atoms with Crippen LogP contribution in [0.25, 0.3) is 11.0 Å². The number of ether oxygens (including phenoxy) is 2. The molecule has 0 aliphatic heterocycles. The summed E-state index contributed by atoms with van der Waals surface area (Å²) in [6.45, 7) is 3.46. The minimum absolute atomic E-state index is 0.0636. The zero-order valence-corrected chi connectivity index (χ0v) is 19.3. The average molecular weight is 472 g/mol. The molecule has 2 N–H and O–H groups in total. The Morgan fingerprint density at radius 2 is 2.03 bits per heavy atom. The molecule has 0 saturated heterocycles. The molecule has 0 radical (unpaired) electrons. The van der Waals surface area contributed by atoms with Crippen LogP contribution >= 0.6 is 11.3 Å². The molecule has 1 atom stereocenters. The van der Waals surface area contributed by atoms with Crippen molar-refractivity contribution in [2.24, 2.45) is 0 Å². The van der Waals surface area contributed by atoms with Crippen LogP contribution in [-0.2, 0) is 38.3 Å². The largest absolute Gasteiger partial charge is 0.508 e. The van der Waals surface area contributed by atoms with Gasteiger partial charge in [0, 0.05) is 21.9 Å². The molecule has 33 heavy (non-hydrogen) atoms. The molecule has 0 saturated carbocycles. The van der Waals surface area contributed by atoms with Crippen LogP contribution in [0.15, 0.2) is 28.9 Å². The first-order chi connectivity index (χ1) is 15.9. The molecule has 1 aliphatic carbocycles. The normalized spacial score (nSPS) is 13.9. The Kier molecular flexibility index (Phi) is 6.69. The Bertz CT molecular complexity index is 1210. The number of nitrogens with one attached hydrogen (secondary N) is 1. The monoisotopic (exact) mass is 471 g/mol. The predicted molar refractivity (Wildman–Crippen MR) is 123 cm³/mol. The number of esters is 2. The minimum atomic E-state index is -1.06. The first-order valence-corrected chi connectivity index (χ1v) is 11.7. The number of carbonyl (C=O) groups excluding carboxylic acids is 3. The van der Waals surface area contributed by atoms with Crippen molar-refractivity contribution in [3.05, 3.63) is 46.0 Å². The van der Waals surface area contributed by atoms with Gasteiger partial charge in [-0.3, -0.25) is 9.59 Å². The topological polar surface area (TPSA) is 115 Å². The van der Waals surface area contributed by atoms with Gasteiger partial charge in [-0.2, -0.15) is 0 Å². The first kappa shape index (κ1) is 22.8. The van der Waals surface area contributed by atoms with Gasteiger partial charge in [0.2, 0.25) is 0 Å². The number of phenolic OH excluding ortho intramolecular Hbond substituents is 1. The molecule has 3 aromatic rings. The lowest BCUT2D eigenvalue weighted by Gasteiger charge is -2.14. The maximum absolute atomic E-state index is 12.8. The fourth-order valence-corrected chi connectivity index (χ4v) is 5.22. The Balaban J connectivity index is 1.43. The van der Waals surface area contributed by atoms with Gasteiger partial charge in [0.05, 0.1) is 24.9 Å². The third kappa shape index (κ3) is 4.88. The Morgan fingerprint density at radius 1 is 1.24 bits per heavy atom. The lowest BCUT2D eigenvalue weighted by atomic mass is 9.95. The van der Waals surface area contributed by atoms with Crippen LogP contribution in [-0.4, -0.2) is 35.7 Å². The van der Waals surface area contributed by atoms with Gasteiger partial charge < -0.3 is 24.3 Å². The number of furan rings is 1. The number of thiophene rings is 1. The number of amides is 1. The van der Waals surface area contributed by atoms with Crippen LogP contribution in [0.2, 0.25) is 0 Å². The molecule has 0 bridgehead atoms. The zero-order valence-electron chi connectivity index (χ0n) is 18.4. The van der Waals surface area contributed by atoms with Crippen LogP contribution in [0.4, 0.5) is 5.00 Å². The van der Waals surface area contributed by atoms with Crippen LogP contribution in [0.1, 0.15) is 53.1 Å². The predicted octanol–water partition coefficient (Wildman–Crippen LogP) is 4.37. The van der Waals surface area contributed by atoms with Gasteiger partial charge in [0.25, 0.3) is 5.91 Å². The van der Waals surface area contributed by atoms with E-state index in [1.54, 1.807) is 13.0 Å². The number of benzene rings is 1. The van der Waals surface area contributed by atoms with Gasteiger partial charge in [-0.15, -0.1) is 11.3 Å². The van der Waals surface area contributed by atoms with Gasteiger partial charge in [-0.05, 0) is 57.2 Å².